The number of Topliss-reactive ketones (excluding diaryl/α,β-unsaturated/α-hetero) is 1. The first-order valence-corrected chi connectivity index (χ1v) is 13.3. The molecule has 0 radical (unpaired) electrons. The van der Waals surface area contributed by atoms with Crippen LogP contribution in [0.1, 0.15) is 49.7 Å². The zero-order valence-electron chi connectivity index (χ0n) is 18.9. The summed E-state index contributed by atoms with van der Waals surface area (Å²) in [6, 6.07) is 18.0. The lowest BCUT2D eigenvalue weighted by Crippen LogP contribution is -2.38. The molecule has 3 atom stereocenters. The van der Waals surface area contributed by atoms with Crippen molar-refractivity contribution in [1.29, 1.82) is 0 Å². The smallest absolute Gasteiger partial charge is 0.315 e. The van der Waals surface area contributed by atoms with E-state index in [1.54, 1.807) is 11.8 Å². The molecule has 0 aromatic heterocycles. The molecule has 4 nitrogen and oxygen atoms in total. The molecule has 0 spiro atoms. The summed E-state index contributed by atoms with van der Waals surface area (Å²) in [7, 11) is 0. The molecule has 1 aliphatic carbocycles. The van der Waals surface area contributed by atoms with E-state index in [0.29, 0.717) is 25.0 Å². The molecule has 0 N–H and O–H groups in total. The van der Waals surface area contributed by atoms with Crippen molar-refractivity contribution in [3.63, 3.8) is 0 Å². The number of hydrogen-bond donors (Lipinski definition) is 0. The highest BCUT2D eigenvalue weighted by Crippen LogP contribution is 2.46. The summed E-state index contributed by atoms with van der Waals surface area (Å²) in [4.78, 5) is 31.6. The Morgan fingerprint density at radius 2 is 1.82 bits per heavy atom. The van der Waals surface area contributed by atoms with Crippen LogP contribution in [0.25, 0.3) is 0 Å². The topological polar surface area (TPSA) is 55.7 Å². The van der Waals surface area contributed by atoms with Gasteiger partial charge in [-0.3, -0.25) is 14.6 Å². The molecule has 2 aromatic rings. The number of benzene rings is 2. The van der Waals surface area contributed by atoms with Gasteiger partial charge >= 0.3 is 5.97 Å². The Morgan fingerprint density at radius 1 is 1.09 bits per heavy atom. The quantitative estimate of drug-likeness (QED) is 0.313. The predicted molar refractivity (Wildman–Crippen MR) is 138 cm³/mol. The number of esters is 1. The molecular formula is C27H28BrNO3S. The van der Waals surface area contributed by atoms with Gasteiger partial charge in [-0.1, -0.05) is 65.3 Å². The Morgan fingerprint density at radius 3 is 2.52 bits per heavy atom. The fraction of sp³-hybridized carbons (Fsp3) is 0.370. The number of rotatable bonds is 7. The van der Waals surface area contributed by atoms with E-state index in [1.807, 2.05) is 49.4 Å². The zero-order valence-corrected chi connectivity index (χ0v) is 21.3. The Bertz CT molecular complexity index is 1080. The normalized spacial score (nSPS) is 22.6. The van der Waals surface area contributed by atoms with Crippen LogP contribution >= 0.6 is 27.7 Å². The number of aliphatic imine (C=N–C) groups is 1. The van der Waals surface area contributed by atoms with E-state index in [9.17, 15) is 9.59 Å². The molecule has 2 aliphatic rings. The molecule has 4 rings (SSSR count). The Balaban J connectivity index is 1.70. The second kappa shape index (κ2) is 10.8. The Kier molecular flexibility index (Phi) is 7.86. The third kappa shape index (κ3) is 5.33. The minimum Gasteiger partial charge on any atom is -0.464 e. The van der Waals surface area contributed by atoms with Crippen molar-refractivity contribution in [2.45, 2.75) is 38.5 Å². The standard InChI is InChI=1S/C27H28BrNO3S/c1-3-33-14-13-32-27(31)24-17(2)29-22-15-20(18-7-5-4-6-8-18)16-23(30)26(22)25(24)19-9-11-21(28)12-10-19/h4-12,20,24-25H,3,13-16H2,1-2H3/t20-,24?,25-/m1/s1. The van der Waals surface area contributed by atoms with E-state index >= 15 is 0 Å². The summed E-state index contributed by atoms with van der Waals surface area (Å²) < 4.78 is 6.61. The van der Waals surface area contributed by atoms with Gasteiger partial charge < -0.3 is 4.74 Å². The number of hydrogen-bond acceptors (Lipinski definition) is 5. The van der Waals surface area contributed by atoms with E-state index in [4.69, 9.17) is 9.73 Å². The van der Waals surface area contributed by atoms with Crippen molar-refractivity contribution in [2.75, 3.05) is 18.1 Å². The van der Waals surface area contributed by atoms with Crippen LogP contribution in [0.15, 0.2) is 75.3 Å². The van der Waals surface area contributed by atoms with Gasteiger partial charge in [0.05, 0.1) is 0 Å². The van der Waals surface area contributed by atoms with Gasteiger partial charge in [0.1, 0.15) is 12.5 Å². The summed E-state index contributed by atoms with van der Waals surface area (Å²) in [6.07, 6.45) is 1.13. The molecule has 172 valence electrons. The Hall–Kier alpha value is -2.18. The molecular weight excluding hydrogens is 498 g/mol. The Labute approximate surface area is 208 Å². The predicted octanol–water partition coefficient (Wildman–Crippen LogP) is 6.32. The van der Waals surface area contributed by atoms with Crippen molar-refractivity contribution in [3.05, 3.63) is 81.5 Å². The molecule has 33 heavy (non-hydrogen) atoms. The molecule has 0 amide bonds. The first kappa shape index (κ1) is 24.0. The summed E-state index contributed by atoms with van der Waals surface area (Å²) in [5, 5.41) is 0. The van der Waals surface area contributed by atoms with Crippen molar-refractivity contribution >= 4 is 45.2 Å². The van der Waals surface area contributed by atoms with Crippen molar-refractivity contribution < 1.29 is 14.3 Å². The van der Waals surface area contributed by atoms with Crippen LogP contribution in [-0.4, -0.2) is 35.6 Å². The van der Waals surface area contributed by atoms with Gasteiger partial charge in [0.2, 0.25) is 0 Å². The third-order valence-electron chi connectivity index (χ3n) is 6.32. The van der Waals surface area contributed by atoms with E-state index in [1.165, 1.54) is 0 Å². The number of carbonyl (C=O) groups is 2. The number of allylic oxidation sites excluding steroid dienone is 2. The van der Waals surface area contributed by atoms with Crippen LogP contribution in [0, 0.1) is 5.92 Å². The fourth-order valence-corrected chi connectivity index (χ4v) is 5.55. The summed E-state index contributed by atoms with van der Waals surface area (Å²) >= 11 is 5.23. The number of nitrogens with zero attached hydrogens (tertiary/aromatic N) is 1. The van der Waals surface area contributed by atoms with E-state index in [0.717, 1.165) is 38.5 Å². The average molecular weight is 526 g/mol. The summed E-state index contributed by atoms with van der Waals surface area (Å²) in [6.45, 7) is 4.34. The third-order valence-corrected chi connectivity index (χ3v) is 7.71. The van der Waals surface area contributed by atoms with Crippen molar-refractivity contribution in [3.8, 4) is 0 Å². The molecule has 0 bridgehead atoms. The highest BCUT2D eigenvalue weighted by molar-refractivity contribution is 9.10. The number of thioether (sulfide) groups is 1. The highest BCUT2D eigenvalue weighted by atomic mass is 79.9. The van der Waals surface area contributed by atoms with E-state index in [2.05, 4.69) is 35.0 Å². The van der Waals surface area contributed by atoms with Gasteiger partial charge in [0.15, 0.2) is 5.78 Å². The maximum atomic E-state index is 13.5. The largest absolute Gasteiger partial charge is 0.464 e. The van der Waals surface area contributed by atoms with Crippen molar-refractivity contribution in [2.24, 2.45) is 10.9 Å². The SMILES string of the molecule is CCSCCOC(=O)C1C(C)=NC2=C(C(=O)C[C@H](c3ccccc3)C2)[C@@H]1c1ccc(Br)cc1. The molecule has 1 heterocycles. The van der Waals surface area contributed by atoms with Crippen LogP contribution in [0.5, 0.6) is 0 Å². The lowest BCUT2D eigenvalue weighted by atomic mass is 9.69. The van der Waals surface area contributed by atoms with Crippen LogP contribution in [-0.2, 0) is 14.3 Å². The van der Waals surface area contributed by atoms with Crippen LogP contribution in [0.3, 0.4) is 0 Å². The van der Waals surface area contributed by atoms with Crippen LogP contribution < -0.4 is 0 Å². The van der Waals surface area contributed by atoms with Gasteiger partial charge in [-0.25, -0.2) is 0 Å². The minimum atomic E-state index is -0.589. The first-order chi connectivity index (χ1) is 16.0. The summed E-state index contributed by atoms with van der Waals surface area (Å²) in [5.74, 6) is 0.666. The minimum absolute atomic E-state index is 0.0774. The average Bonchev–Trinajstić information content (AvgIpc) is 2.82. The maximum absolute atomic E-state index is 13.5. The molecule has 1 aliphatic heterocycles. The molecule has 0 fully saturated rings. The monoisotopic (exact) mass is 525 g/mol. The molecule has 0 saturated carbocycles. The van der Waals surface area contributed by atoms with E-state index in [-0.39, 0.29) is 23.6 Å². The van der Waals surface area contributed by atoms with Gasteiger partial charge in [-0.2, -0.15) is 11.8 Å². The second-order valence-electron chi connectivity index (χ2n) is 8.42. The van der Waals surface area contributed by atoms with Gasteiger partial charge in [0.25, 0.3) is 0 Å². The fourth-order valence-electron chi connectivity index (χ4n) is 4.79. The van der Waals surface area contributed by atoms with Gasteiger partial charge in [-0.15, -0.1) is 0 Å². The molecule has 6 heteroatoms. The van der Waals surface area contributed by atoms with Crippen LogP contribution in [0.2, 0.25) is 0 Å². The molecule has 0 saturated heterocycles. The van der Waals surface area contributed by atoms with Crippen LogP contribution in [0.4, 0.5) is 0 Å². The zero-order chi connectivity index (χ0) is 23.4. The number of ether oxygens (including phenoxy) is 1. The molecule has 2 aromatic carbocycles. The van der Waals surface area contributed by atoms with Gasteiger partial charge in [0, 0.05) is 39.5 Å². The van der Waals surface area contributed by atoms with Crippen molar-refractivity contribution in [1.82, 2.24) is 0 Å². The molecule has 1 unspecified atom stereocenters. The summed E-state index contributed by atoms with van der Waals surface area (Å²) in [5.41, 5.74) is 4.31. The number of halogens is 1. The highest BCUT2D eigenvalue weighted by Gasteiger charge is 2.44. The number of ketones is 1. The van der Waals surface area contributed by atoms with Gasteiger partial charge in [-0.05, 0) is 48.3 Å². The lowest BCUT2D eigenvalue weighted by Gasteiger charge is -2.36. The lowest BCUT2D eigenvalue weighted by molar-refractivity contribution is -0.145. The second-order valence-corrected chi connectivity index (χ2v) is 10.7. The van der Waals surface area contributed by atoms with E-state index < -0.39 is 5.92 Å². The first-order valence-electron chi connectivity index (χ1n) is 11.4. The maximum Gasteiger partial charge on any atom is 0.315 e. The number of carbonyl (C=O) groups excluding carboxylic acids is 2.